The Hall–Kier alpha value is -3.77. The van der Waals surface area contributed by atoms with Crippen molar-refractivity contribution in [3.8, 4) is 11.4 Å². The lowest BCUT2D eigenvalue weighted by atomic mass is 10.1. The molecule has 5 rings (SSSR count). The fraction of sp³-hybridized carbons (Fsp3) is 0.261. The summed E-state index contributed by atoms with van der Waals surface area (Å²) in [6.07, 6.45) is 3.84. The molecule has 10 nitrogen and oxygen atoms in total. The van der Waals surface area contributed by atoms with E-state index >= 15 is 0 Å². The van der Waals surface area contributed by atoms with Crippen molar-refractivity contribution < 1.29 is 18.8 Å². The molecule has 180 valence electrons. The number of halogens is 1. The minimum Gasteiger partial charge on any atom is -0.376 e. The molecule has 1 fully saturated rings. The van der Waals surface area contributed by atoms with Crippen LogP contribution in [0.1, 0.15) is 12.8 Å². The Balaban J connectivity index is 1.36. The number of para-hydroxylation sites is 1. The SMILES string of the molecule is O=C(CSc1nnc(-c2c[nH]c3ccccc23)n1CC1CCCO1)Nc1ccc(F)c([N+](=O)[O-])c1. The zero-order chi connectivity index (χ0) is 24.4. The van der Waals surface area contributed by atoms with Gasteiger partial charge in [-0.25, -0.2) is 0 Å². The number of hydrogen-bond acceptors (Lipinski definition) is 7. The van der Waals surface area contributed by atoms with Gasteiger partial charge < -0.3 is 15.0 Å². The summed E-state index contributed by atoms with van der Waals surface area (Å²) in [5.41, 5.74) is 1.33. The van der Waals surface area contributed by atoms with Gasteiger partial charge in [0.15, 0.2) is 11.0 Å². The number of benzene rings is 2. The van der Waals surface area contributed by atoms with Crippen LogP contribution in [0, 0.1) is 15.9 Å². The molecule has 4 aromatic rings. The second-order valence-corrected chi connectivity index (χ2v) is 9.00. The van der Waals surface area contributed by atoms with Gasteiger partial charge in [-0.3, -0.25) is 19.5 Å². The summed E-state index contributed by atoms with van der Waals surface area (Å²) < 4.78 is 21.4. The minimum atomic E-state index is -0.964. The van der Waals surface area contributed by atoms with Gasteiger partial charge in [0, 0.05) is 41.0 Å². The first-order valence-electron chi connectivity index (χ1n) is 11.0. The number of hydrogen-bond donors (Lipinski definition) is 2. The van der Waals surface area contributed by atoms with Crippen molar-refractivity contribution in [3.63, 3.8) is 0 Å². The number of H-pyrrole nitrogens is 1. The van der Waals surface area contributed by atoms with Crippen LogP contribution in [0.3, 0.4) is 0 Å². The van der Waals surface area contributed by atoms with Gasteiger partial charge >= 0.3 is 5.69 Å². The number of thioether (sulfide) groups is 1. The van der Waals surface area contributed by atoms with Crippen molar-refractivity contribution in [3.05, 3.63) is 64.6 Å². The number of nitro groups is 1. The first kappa shape index (κ1) is 23.0. The number of rotatable bonds is 8. The zero-order valence-corrected chi connectivity index (χ0v) is 19.3. The Kier molecular flexibility index (Phi) is 6.47. The number of nitro benzene ring substituents is 1. The van der Waals surface area contributed by atoms with Crippen molar-refractivity contribution in [2.75, 3.05) is 17.7 Å². The number of ether oxygens (including phenoxy) is 1. The third kappa shape index (κ3) is 4.88. The van der Waals surface area contributed by atoms with Crippen LogP contribution in [-0.4, -0.2) is 49.0 Å². The Morgan fingerprint density at radius 3 is 2.97 bits per heavy atom. The van der Waals surface area contributed by atoms with Crippen LogP contribution in [0.4, 0.5) is 15.8 Å². The Morgan fingerprint density at radius 2 is 2.17 bits per heavy atom. The van der Waals surface area contributed by atoms with E-state index in [0.717, 1.165) is 41.4 Å². The minimum absolute atomic E-state index is 0.0112. The molecule has 1 atom stereocenters. The van der Waals surface area contributed by atoms with E-state index in [1.54, 1.807) is 0 Å². The third-order valence-corrected chi connectivity index (χ3v) is 6.68. The third-order valence-electron chi connectivity index (χ3n) is 5.72. The average molecular weight is 497 g/mol. The Labute approximate surface area is 203 Å². The van der Waals surface area contributed by atoms with Gasteiger partial charge in [-0.2, -0.15) is 4.39 Å². The molecule has 1 aliphatic heterocycles. The lowest BCUT2D eigenvalue weighted by Crippen LogP contribution is -2.18. The van der Waals surface area contributed by atoms with Crippen molar-refractivity contribution in [2.24, 2.45) is 0 Å². The molecule has 0 saturated carbocycles. The zero-order valence-electron chi connectivity index (χ0n) is 18.4. The van der Waals surface area contributed by atoms with Gasteiger partial charge in [-0.05, 0) is 31.0 Å². The fourth-order valence-corrected chi connectivity index (χ4v) is 4.81. The Morgan fingerprint density at radius 1 is 1.31 bits per heavy atom. The topological polar surface area (TPSA) is 128 Å². The highest BCUT2D eigenvalue weighted by Gasteiger charge is 2.24. The molecule has 0 aliphatic carbocycles. The van der Waals surface area contributed by atoms with Crippen LogP contribution in [0.5, 0.6) is 0 Å². The predicted molar refractivity (Wildman–Crippen MR) is 129 cm³/mol. The van der Waals surface area contributed by atoms with Crippen LogP contribution in [0.15, 0.2) is 53.8 Å². The van der Waals surface area contributed by atoms with Gasteiger partial charge in [-0.1, -0.05) is 30.0 Å². The molecule has 2 N–H and O–H groups in total. The molecule has 1 amide bonds. The van der Waals surface area contributed by atoms with E-state index < -0.39 is 22.3 Å². The summed E-state index contributed by atoms with van der Waals surface area (Å²) >= 11 is 1.20. The van der Waals surface area contributed by atoms with E-state index in [0.29, 0.717) is 24.1 Å². The molecule has 0 bridgehead atoms. The van der Waals surface area contributed by atoms with E-state index in [4.69, 9.17) is 4.74 Å². The van der Waals surface area contributed by atoms with Crippen molar-refractivity contribution in [1.29, 1.82) is 0 Å². The molecule has 3 heterocycles. The van der Waals surface area contributed by atoms with Gasteiger partial charge in [-0.15, -0.1) is 10.2 Å². The molecule has 1 aliphatic rings. The van der Waals surface area contributed by atoms with E-state index in [2.05, 4.69) is 20.5 Å². The summed E-state index contributed by atoms with van der Waals surface area (Å²) in [5, 5.41) is 23.8. The number of anilines is 1. The predicted octanol–water partition coefficient (Wildman–Crippen LogP) is 4.38. The molecule has 2 aromatic carbocycles. The summed E-state index contributed by atoms with van der Waals surface area (Å²) in [4.78, 5) is 25.9. The molecule has 0 spiro atoms. The normalized spacial score (nSPS) is 15.5. The van der Waals surface area contributed by atoms with Crippen molar-refractivity contribution in [2.45, 2.75) is 30.6 Å². The molecule has 12 heteroatoms. The number of amides is 1. The van der Waals surface area contributed by atoms with E-state index in [1.165, 1.54) is 17.8 Å². The largest absolute Gasteiger partial charge is 0.376 e. The number of nitrogens with one attached hydrogen (secondary N) is 2. The number of fused-ring (bicyclic) bond motifs is 1. The molecule has 2 aromatic heterocycles. The standard InChI is InChI=1S/C23H21FN6O4S/c24-18-8-7-14(10-20(18)30(32)33)26-21(31)13-35-23-28-27-22(29(23)12-15-4-3-9-34-15)17-11-25-19-6-2-1-5-16(17)19/h1-2,5-8,10-11,15,25H,3-4,9,12-13H2,(H,26,31). The van der Waals surface area contributed by atoms with E-state index in [-0.39, 0.29) is 17.5 Å². The summed E-state index contributed by atoms with van der Waals surface area (Å²) in [6, 6.07) is 11.1. The molecule has 1 saturated heterocycles. The smallest absolute Gasteiger partial charge is 0.306 e. The number of nitrogens with zero attached hydrogens (tertiary/aromatic N) is 4. The van der Waals surface area contributed by atoms with Crippen LogP contribution < -0.4 is 5.32 Å². The second kappa shape index (κ2) is 9.84. The van der Waals surface area contributed by atoms with Crippen molar-refractivity contribution in [1.82, 2.24) is 19.7 Å². The lowest BCUT2D eigenvalue weighted by molar-refractivity contribution is -0.387. The highest BCUT2D eigenvalue weighted by atomic mass is 32.2. The molecular formula is C23H21FN6O4S. The number of aromatic nitrogens is 4. The van der Waals surface area contributed by atoms with Crippen LogP contribution >= 0.6 is 11.8 Å². The number of carbonyl (C=O) groups excluding carboxylic acids is 1. The van der Waals surface area contributed by atoms with Crippen LogP contribution in [-0.2, 0) is 16.1 Å². The number of aromatic amines is 1. The summed E-state index contributed by atoms with van der Waals surface area (Å²) in [7, 11) is 0. The lowest BCUT2D eigenvalue weighted by Gasteiger charge is -2.14. The maximum atomic E-state index is 13.6. The van der Waals surface area contributed by atoms with Gasteiger partial charge in [0.05, 0.1) is 23.3 Å². The first-order chi connectivity index (χ1) is 17.0. The van der Waals surface area contributed by atoms with Gasteiger partial charge in [0.2, 0.25) is 11.7 Å². The molecule has 35 heavy (non-hydrogen) atoms. The van der Waals surface area contributed by atoms with E-state index in [9.17, 15) is 19.3 Å². The number of carbonyl (C=O) groups is 1. The summed E-state index contributed by atoms with van der Waals surface area (Å²) in [5.74, 6) is -0.705. The maximum absolute atomic E-state index is 13.6. The second-order valence-electron chi connectivity index (χ2n) is 8.06. The highest BCUT2D eigenvalue weighted by Crippen LogP contribution is 2.31. The van der Waals surface area contributed by atoms with Gasteiger partial charge in [0.1, 0.15) is 0 Å². The average Bonchev–Trinajstić information content (AvgIpc) is 3.59. The Bertz CT molecular complexity index is 1400. The fourth-order valence-electron chi connectivity index (χ4n) is 4.07. The maximum Gasteiger partial charge on any atom is 0.306 e. The first-order valence-corrected chi connectivity index (χ1v) is 12.0. The van der Waals surface area contributed by atoms with Crippen molar-refractivity contribution >= 4 is 39.9 Å². The van der Waals surface area contributed by atoms with Gasteiger partial charge in [0.25, 0.3) is 0 Å². The van der Waals surface area contributed by atoms with Crippen LogP contribution in [0.25, 0.3) is 22.3 Å². The molecule has 0 radical (unpaired) electrons. The highest BCUT2D eigenvalue weighted by molar-refractivity contribution is 7.99. The summed E-state index contributed by atoms with van der Waals surface area (Å²) in [6.45, 7) is 1.26. The molecule has 1 unspecified atom stereocenters. The monoisotopic (exact) mass is 496 g/mol. The molecular weight excluding hydrogens is 475 g/mol. The quantitative estimate of drug-likeness (QED) is 0.210. The van der Waals surface area contributed by atoms with Crippen LogP contribution in [0.2, 0.25) is 0 Å². The van der Waals surface area contributed by atoms with E-state index in [1.807, 2.05) is 35.0 Å².